The number of benzene rings is 1. The van der Waals surface area contributed by atoms with E-state index < -0.39 is 0 Å². The zero-order valence-electron chi connectivity index (χ0n) is 10.4. The fraction of sp³-hybridized carbons (Fsp3) is 0.231. The molecule has 0 spiro atoms. The van der Waals surface area contributed by atoms with Crippen LogP contribution in [0.4, 0.5) is 11.4 Å². The predicted molar refractivity (Wildman–Crippen MR) is 82.0 cm³/mol. The molecule has 1 aromatic heterocycles. The van der Waals surface area contributed by atoms with Gasteiger partial charge < -0.3 is 5.32 Å². The lowest BCUT2D eigenvalue weighted by Gasteiger charge is -2.07. The molecule has 6 heteroatoms. The van der Waals surface area contributed by atoms with Crippen LogP contribution < -0.4 is 5.32 Å². The Morgan fingerprint density at radius 2 is 2.16 bits per heavy atom. The van der Waals surface area contributed by atoms with Crippen LogP contribution in [0.1, 0.15) is 10.4 Å². The van der Waals surface area contributed by atoms with Gasteiger partial charge in [-0.15, -0.1) is 11.3 Å². The van der Waals surface area contributed by atoms with Gasteiger partial charge in [0.1, 0.15) is 5.69 Å². The Morgan fingerprint density at radius 1 is 1.37 bits per heavy atom. The van der Waals surface area contributed by atoms with Gasteiger partial charge >= 0.3 is 0 Å². The molecule has 0 aliphatic carbocycles. The van der Waals surface area contributed by atoms with Crippen molar-refractivity contribution in [3.8, 4) is 0 Å². The second kappa shape index (κ2) is 6.16. The third kappa shape index (κ3) is 3.54. The van der Waals surface area contributed by atoms with Crippen molar-refractivity contribution >= 4 is 38.6 Å². The summed E-state index contributed by atoms with van der Waals surface area (Å²) >= 11 is 5.10. The maximum absolute atomic E-state index is 11.0. The van der Waals surface area contributed by atoms with Gasteiger partial charge in [0.25, 0.3) is 5.69 Å². The van der Waals surface area contributed by atoms with Gasteiger partial charge in [-0.25, -0.2) is 0 Å². The van der Waals surface area contributed by atoms with Crippen molar-refractivity contribution in [1.29, 1.82) is 0 Å². The van der Waals surface area contributed by atoms with E-state index in [0.29, 0.717) is 17.8 Å². The van der Waals surface area contributed by atoms with Gasteiger partial charge in [-0.3, -0.25) is 10.1 Å². The molecule has 2 rings (SSSR count). The van der Waals surface area contributed by atoms with Gasteiger partial charge in [0.2, 0.25) is 0 Å². The molecule has 2 aromatic rings. The van der Waals surface area contributed by atoms with E-state index in [1.54, 1.807) is 30.4 Å². The predicted octanol–water partition coefficient (Wildman–Crippen LogP) is 4.38. The highest BCUT2D eigenvalue weighted by Crippen LogP contribution is 2.28. The fourth-order valence-electron chi connectivity index (χ4n) is 1.85. The second-order valence-corrected chi connectivity index (χ2v) is 6.66. The molecule has 1 aromatic carbocycles. The number of nitrogens with one attached hydrogen (secondary N) is 1. The number of para-hydroxylation sites is 1. The maximum atomic E-state index is 11.0. The number of halogens is 1. The topological polar surface area (TPSA) is 55.2 Å². The molecule has 0 saturated carbocycles. The molecule has 0 amide bonds. The number of nitro benzene ring substituents is 1. The molecule has 1 N–H and O–H groups in total. The van der Waals surface area contributed by atoms with Crippen molar-refractivity contribution in [3.63, 3.8) is 0 Å². The molecule has 0 saturated heterocycles. The molecule has 0 bridgehead atoms. The van der Waals surface area contributed by atoms with Gasteiger partial charge in [0.15, 0.2) is 0 Å². The lowest BCUT2D eigenvalue weighted by Crippen LogP contribution is -2.06. The molecule has 1 heterocycles. The molecule has 100 valence electrons. The van der Waals surface area contributed by atoms with Crippen LogP contribution in [0, 0.1) is 17.0 Å². The van der Waals surface area contributed by atoms with Crippen LogP contribution in [-0.4, -0.2) is 11.5 Å². The van der Waals surface area contributed by atoms with Crippen LogP contribution in [0.3, 0.4) is 0 Å². The Bertz CT molecular complexity index is 598. The first kappa shape index (κ1) is 14.0. The number of hydrogen-bond acceptors (Lipinski definition) is 4. The Kier molecular flexibility index (Phi) is 4.55. The summed E-state index contributed by atoms with van der Waals surface area (Å²) in [6.07, 6.45) is 0.849. The molecule has 0 fully saturated rings. The second-order valence-electron chi connectivity index (χ2n) is 4.11. The first-order chi connectivity index (χ1) is 9.08. The van der Waals surface area contributed by atoms with Crippen molar-refractivity contribution in [1.82, 2.24) is 0 Å². The third-order valence-corrected chi connectivity index (χ3v) is 4.42. The summed E-state index contributed by atoms with van der Waals surface area (Å²) in [5, 5.41) is 14.2. The van der Waals surface area contributed by atoms with Gasteiger partial charge in [0.05, 0.1) is 8.71 Å². The minimum atomic E-state index is -0.334. The number of nitro groups is 1. The summed E-state index contributed by atoms with van der Waals surface area (Å²) in [7, 11) is 0. The minimum absolute atomic E-state index is 0.162. The molecule has 0 radical (unpaired) electrons. The smallest absolute Gasteiger partial charge is 0.295 e. The van der Waals surface area contributed by atoms with Crippen molar-refractivity contribution in [2.24, 2.45) is 0 Å². The maximum Gasteiger partial charge on any atom is 0.295 e. The molecule has 0 unspecified atom stereocenters. The van der Waals surface area contributed by atoms with Crippen molar-refractivity contribution in [2.75, 3.05) is 11.9 Å². The normalized spacial score (nSPS) is 10.4. The highest BCUT2D eigenvalue weighted by molar-refractivity contribution is 9.11. The molecular formula is C13H13BrN2O2S. The van der Waals surface area contributed by atoms with Crippen molar-refractivity contribution < 1.29 is 4.92 Å². The fourth-order valence-corrected chi connectivity index (χ4v) is 3.33. The van der Waals surface area contributed by atoms with E-state index in [-0.39, 0.29) is 10.6 Å². The lowest BCUT2D eigenvalue weighted by atomic mass is 10.1. The Hall–Kier alpha value is -1.40. The van der Waals surface area contributed by atoms with Gasteiger partial charge in [0, 0.05) is 17.0 Å². The van der Waals surface area contributed by atoms with Gasteiger partial charge in [-0.05, 0) is 47.5 Å². The quantitative estimate of drug-likeness (QED) is 0.648. The highest BCUT2D eigenvalue weighted by atomic mass is 79.9. The van der Waals surface area contributed by atoms with E-state index in [0.717, 1.165) is 10.2 Å². The van der Waals surface area contributed by atoms with Gasteiger partial charge in [-0.1, -0.05) is 12.1 Å². The highest BCUT2D eigenvalue weighted by Gasteiger charge is 2.16. The van der Waals surface area contributed by atoms with Crippen molar-refractivity contribution in [2.45, 2.75) is 13.3 Å². The van der Waals surface area contributed by atoms with Crippen LogP contribution in [0.5, 0.6) is 0 Å². The molecule has 19 heavy (non-hydrogen) atoms. The summed E-state index contributed by atoms with van der Waals surface area (Å²) in [6, 6.07) is 9.39. The molecule has 0 aliphatic heterocycles. The van der Waals surface area contributed by atoms with Crippen LogP contribution in [-0.2, 0) is 6.42 Å². The monoisotopic (exact) mass is 340 g/mol. The number of aryl methyl sites for hydroxylation is 1. The number of nitrogens with zero attached hydrogens (tertiary/aromatic N) is 1. The van der Waals surface area contributed by atoms with Crippen LogP contribution >= 0.6 is 27.3 Å². The lowest BCUT2D eigenvalue weighted by molar-refractivity contribution is -0.384. The number of hydrogen-bond donors (Lipinski definition) is 1. The summed E-state index contributed by atoms with van der Waals surface area (Å²) in [5.74, 6) is 0. The summed E-state index contributed by atoms with van der Waals surface area (Å²) in [5.41, 5.74) is 1.42. The Labute approximate surface area is 123 Å². The SMILES string of the molecule is Cc1cccc(NCCc2ccc(Br)s2)c1[N+](=O)[O-]. The summed E-state index contributed by atoms with van der Waals surface area (Å²) in [6.45, 7) is 2.43. The van der Waals surface area contributed by atoms with Gasteiger partial charge in [-0.2, -0.15) is 0 Å². The van der Waals surface area contributed by atoms with E-state index in [1.807, 2.05) is 12.1 Å². The minimum Gasteiger partial charge on any atom is -0.379 e. The zero-order chi connectivity index (χ0) is 13.8. The third-order valence-electron chi connectivity index (χ3n) is 2.74. The standard InChI is InChI=1S/C13H13BrN2O2S/c1-9-3-2-4-11(13(9)16(17)18)15-8-7-10-5-6-12(14)19-10/h2-6,15H,7-8H2,1H3. The molecule has 0 atom stereocenters. The summed E-state index contributed by atoms with van der Waals surface area (Å²) in [4.78, 5) is 12.0. The van der Waals surface area contributed by atoms with E-state index in [1.165, 1.54) is 4.88 Å². The average molecular weight is 341 g/mol. The van der Waals surface area contributed by atoms with Crippen molar-refractivity contribution in [3.05, 3.63) is 54.7 Å². The number of thiophene rings is 1. The Morgan fingerprint density at radius 3 is 2.79 bits per heavy atom. The molecular weight excluding hydrogens is 328 g/mol. The first-order valence-electron chi connectivity index (χ1n) is 5.80. The van der Waals surface area contributed by atoms with E-state index >= 15 is 0 Å². The van der Waals surface area contributed by atoms with Crippen LogP contribution in [0.15, 0.2) is 34.1 Å². The van der Waals surface area contributed by atoms with E-state index in [4.69, 9.17) is 0 Å². The number of anilines is 1. The van der Waals surface area contributed by atoms with E-state index in [2.05, 4.69) is 27.3 Å². The number of rotatable bonds is 5. The zero-order valence-corrected chi connectivity index (χ0v) is 12.8. The van der Waals surface area contributed by atoms with E-state index in [9.17, 15) is 10.1 Å². The average Bonchev–Trinajstić information content (AvgIpc) is 2.74. The van der Waals surface area contributed by atoms with Crippen LogP contribution in [0.25, 0.3) is 0 Å². The van der Waals surface area contributed by atoms with Crippen LogP contribution in [0.2, 0.25) is 0 Å². The molecule has 4 nitrogen and oxygen atoms in total. The largest absolute Gasteiger partial charge is 0.379 e. The molecule has 0 aliphatic rings. The summed E-state index contributed by atoms with van der Waals surface area (Å²) < 4.78 is 1.10. The first-order valence-corrected chi connectivity index (χ1v) is 7.41. The Balaban J connectivity index is 2.03.